The number of halogens is 1. The first kappa shape index (κ1) is 27.8. The highest BCUT2D eigenvalue weighted by molar-refractivity contribution is 5.91. The Morgan fingerprint density at radius 3 is 2.49 bits per heavy atom. The van der Waals surface area contributed by atoms with Gasteiger partial charge < -0.3 is 19.9 Å². The van der Waals surface area contributed by atoms with Crippen molar-refractivity contribution in [2.75, 3.05) is 31.6 Å². The molecular formula is C31H39FN6O3. The highest BCUT2D eigenvalue weighted by atomic mass is 19.1. The molecule has 2 aliphatic carbocycles. The van der Waals surface area contributed by atoms with Crippen LogP contribution in [0.5, 0.6) is 0 Å². The quantitative estimate of drug-likeness (QED) is 0.482. The molecule has 1 spiro atoms. The Kier molecular flexibility index (Phi) is 7.54. The lowest BCUT2D eigenvalue weighted by molar-refractivity contribution is -0.116. The van der Waals surface area contributed by atoms with Gasteiger partial charge in [0.1, 0.15) is 12.2 Å². The van der Waals surface area contributed by atoms with Crippen LogP contribution >= 0.6 is 0 Å². The third kappa shape index (κ3) is 5.23. The second-order valence-electron chi connectivity index (χ2n) is 11.7. The highest BCUT2D eigenvalue weighted by Crippen LogP contribution is 2.49. The van der Waals surface area contributed by atoms with Crippen LogP contribution in [0, 0.1) is 0 Å². The first-order valence-corrected chi connectivity index (χ1v) is 15.0. The van der Waals surface area contributed by atoms with Gasteiger partial charge in [-0.05, 0) is 81.3 Å². The molecule has 3 aromatic rings. The maximum atomic E-state index is 14.4. The number of benzene rings is 1. The summed E-state index contributed by atoms with van der Waals surface area (Å²) in [5, 5.41) is 11.0. The molecule has 0 radical (unpaired) electrons. The van der Waals surface area contributed by atoms with Crippen LogP contribution in [0.4, 0.5) is 10.1 Å². The van der Waals surface area contributed by atoms with Crippen LogP contribution in [-0.2, 0) is 33.6 Å². The zero-order valence-electron chi connectivity index (χ0n) is 24.0. The van der Waals surface area contributed by atoms with Crippen molar-refractivity contribution in [2.45, 2.75) is 82.8 Å². The Balaban J connectivity index is 0.000000967. The fourth-order valence-electron chi connectivity index (χ4n) is 6.41. The van der Waals surface area contributed by atoms with E-state index in [1.165, 1.54) is 10.9 Å². The van der Waals surface area contributed by atoms with E-state index in [4.69, 9.17) is 9.72 Å². The molecule has 0 atom stereocenters. The largest absolute Gasteiger partial charge is 0.377 e. The van der Waals surface area contributed by atoms with Crippen molar-refractivity contribution in [3.05, 3.63) is 63.3 Å². The fourth-order valence-corrected chi connectivity index (χ4v) is 6.41. The summed E-state index contributed by atoms with van der Waals surface area (Å²) in [6.45, 7) is 7.07. The van der Waals surface area contributed by atoms with E-state index in [1.807, 2.05) is 10.6 Å². The number of piperidine rings is 1. The second kappa shape index (κ2) is 11.1. The molecule has 1 saturated heterocycles. The third-order valence-electron chi connectivity index (χ3n) is 8.71. The third-order valence-corrected chi connectivity index (χ3v) is 8.71. The minimum absolute atomic E-state index is 0.00946. The number of hydrogen-bond donors (Lipinski definition) is 2. The summed E-state index contributed by atoms with van der Waals surface area (Å²) in [6.07, 6.45) is 8.36. The van der Waals surface area contributed by atoms with Crippen LogP contribution in [0.15, 0.2) is 35.1 Å². The maximum Gasteiger partial charge on any atom is 0.279 e. The van der Waals surface area contributed by atoms with Gasteiger partial charge in [-0.15, -0.1) is 5.10 Å². The summed E-state index contributed by atoms with van der Waals surface area (Å²) in [6, 6.07) is 6.97. The number of ether oxygens (including phenoxy) is 1. The fraction of sp³-hybridized carbons (Fsp3) is 0.548. The molecule has 9 nitrogen and oxygen atoms in total. The summed E-state index contributed by atoms with van der Waals surface area (Å²) in [5.74, 6) is 0.673. The topological polar surface area (TPSA) is 103 Å². The minimum Gasteiger partial charge on any atom is -0.377 e. The normalized spacial score (nSPS) is 20.2. The summed E-state index contributed by atoms with van der Waals surface area (Å²) < 4.78 is 23.1. The van der Waals surface area contributed by atoms with Crippen molar-refractivity contribution >= 4 is 22.9 Å². The molecule has 2 aliphatic heterocycles. The van der Waals surface area contributed by atoms with Crippen LogP contribution in [0.3, 0.4) is 0 Å². The molecule has 0 bridgehead atoms. The van der Waals surface area contributed by atoms with Crippen LogP contribution < -0.4 is 16.2 Å². The number of aromatic nitrogens is 4. The number of amides is 1. The van der Waals surface area contributed by atoms with Crippen molar-refractivity contribution in [1.29, 1.82) is 0 Å². The molecule has 1 saturated carbocycles. The maximum absolute atomic E-state index is 14.4. The minimum atomic E-state index is -1.21. The Morgan fingerprint density at radius 2 is 1.83 bits per heavy atom. The van der Waals surface area contributed by atoms with Gasteiger partial charge in [0.2, 0.25) is 11.7 Å². The highest BCUT2D eigenvalue weighted by Gasteiger charge is 2.45. The molecule has 0 unspecified atom stereocenters. The zero-order valence-corrected chi connectivity index (χ0v) is 24.0. The van der Waals surface area contributed by atoms with E-state index in [0.717, 1.165) is 55.6 Å². The predicted octanol–water partition coefficient (Wildman–Crippen LogP) is 4.28. The lowest BCUT2D eigenvalue weighted by Gasteiger charge is -2.34. The summed E-state index contributed by atoms with van der Waals surface area (Å²) in [7, 11) is 0. The van der Waals surface area contributed by atoms with Crippen molar-refractivity contribution in [1.82, 2.24) is 24.5 Å². The Labute approximate surface area is 239 Å². The van der Waals surface area contributed by atoms with Crippen LogP contribution in [0.25, 0.3) is 11.4 Å². The van der Waals surface area contributed by atoms with Crippen molar-refractivity contribution in [3.8, 4) is 0 Å². The summed E-state index contributed by atoms with van der Waals surface area (Å²) >= 11 is 0. The van der Waals surface area contributed by atoms with Gasteiger partial charge in [0.15, 0.2) is 5.82 Å². The van der Waals surface area contributed by atoms with E-state index >= 15 is 0 Å². The van der Waals surface area contributed by atoms with Gasteiger partial charge >= 0.3 is 0 Å². The van der Waals surface area contributed by atoms with Crippen LogP contribution in [0.2, 0.25) is 0 Å². The van der Waals surface area contributed by atoms with Crippen molar-refractivity contribution < 1.29 is 13.9 Å². The van der Waals surface area contributed by atoms with Crippen LogP contribution in [-0.4, -0.2) is 51.4 Å². The molecule has 1 aromatic carbocycles. The van der Waals surface area contributed by atoms with Gasteiger partial charge in [-0.25, -0.2) is 4.39 Å². The number of rotatable bonds is 5. The molecule has 1 amide bonds. The number of carbonyl (C=O) groups excluding carboxylic acids is 1. The van der Waals surface area contributed by atoms with E-state index in [0.29, 0.717) is 55.3 Å². The number of nitrogens with one attached hydrogen (secondary N) is 2. The SMILES string of the molecule is CCC.O=C(Cn1c2c(c(=O)n3nc(C4=CCOCC4)nc13)C1(CCNCC1)CC2)Nc1ccc(C2(F)CC2)cc1. The monoisotopic (exact) mass is 562 g/mol. The zero-order chi connectivity index (χ0) is 28.6. The molecule has 2 fully saturated rings. The Morgan fingerprint density at radius 1 is 1.10 bits per heavy atom. The smallest absolute Gasteiger partial charge is 0.279 e. The molecular weight excluding hydrogens is 523 g/mol. The lowest BCUT2D eigenvalue weighted by atomic mass is 9.75. The van der Waals surface area contributed by atoms with Gasteiger partial charge in [0.25, 0.3) is 5.56 Å². The molecule has 2 aromatic heterocycles. The van der Waals surface area contributed by atoms with Gasteiger partial charge in [0, 0.05) is 22.4 Å². The standard InChI is InChI=1S/C28H31FN6O3.C3H8/c29-28(9-10-28)19-1-3-20(4-2-19)31-22(36)17-34-21-5-8-27(11-13-30-14-12-27)23(21)25(37)35-26(34)32-24(33-35)18-6-15-38-16-7-18;1-3-2/h1-4,6,30H,5,7-17H2,(H,31,36);3H2,1-2H3. The van der Waals surface area contributed by atoms with Gasteiger partial charge in [0.05, 0.1) is 13.2 Å². The van der Waals surface area contributed by atoms with Gasteiger partial charge in [-0.2, -0.15) is 9.50 Å². The number of hydrogen-bond acceptors (Lipinski definition) is 6. The number of nitrogens with zero attached hydrogens (tertiary/aromatic N) is 4. The molecule has 10 heteroatoms. The summed E-state index contributed by atoms with van der Waals surface area (Å²) in [4.78, 5) is 32.0. The Hall–Kier alpha value is -3.37. The average molecular weight is 563 g/mol. The van der Waals surface area contributed by atoms with Crippen LogP contribution in [0.1, 0.15) is 81.4 Å². The van der Waals surface area contributed by atoms with Crippen molar-refractivity contribution in [2.24, 2.45) is 0 Å². The molecule has 218 valence electrons. The molecule has 41 heavy (non-hydrogen) atoms. The molecule has 7 rings (SSSR count). The number of carbonyl (C=O) groups is 1. The first-order chi connectivity index (χ1) is 19.9. The van der Waals surface area contributed by atoms with Gasteiger partial charge in [-0.1, -0.05) is 38.5 Å². The van der Waals surface area contributed by atoms with E-state index in [1.54, 1.807) is 24.3 Å². The Bertz CT molecular complexity index is 1530. The first-order valence-electron chi connectivity index (χ1n) is 15.0. The van der Waals surface area contributed by atoms with E-state index in [2.05, 4.69) is 29.6 Å². The number of anilines is 1. The number of alkyl halides is 1. The predicted molar refractivity (Wildman–Crippen MR) is 156 cm³/mol. The van der Waals surface area contributed by atoms with Crippen molar-refractivity contribution in [3.63, 3.8) is 0 Å². The lowest BCUT2D eigenvalue weighted by Crippen LogP contribution is -2.42. The van der Waals surface area contributed by atoms with Gasteiger partial charge in [-0.3, -0.25) is 9.59 Å². The molecule has 4 heterocycles. The molecule has 2 N–H and O–H groups in total. The van der Waals surface area contributed by atoms with E-state index < -0.39 is 5.67 Å². The second-order valence-corrected chi connectivity index (χ2v) is 11.7. The number of fused-ring (bicyclic) bond motifs is 3. The van der Waals surface area contributed by atoms with E-state index in [-0.39, 0.29) is 23.4 Å². The molecule has 4 aliphatic rings. The summed E-state index contributed by atoms with van der Waals surface area (Å²) in [5.41, 5.74) is 2.38. The average Bonchev–Trinajstić information content (AvgIpc) is 3.41. The van der Waals surface area contributed by atoms with E-state index in [9.17, 15) is 14.0 Å².